The van der Waals surface area contributed by atoms with Crippen molar-refractivity contribution in [2.24, 2.45) is 0 Å². The molecule has 0 aliphatic carbocycles. The summed E-state index contributed by atoms with van der Waals surface area (Å²) in [5.41, 5.74) is 0.855. The minimum atomic E-state index is -0.286. The molecule has 22 heavy (non-hydrogen) atoms. The molecule has 3 rings (SSSR count). The first-order valence-corrected chi connectivity index (χ1v) is 7.05. The average molecular weight is 314 g/mol. The van der Waals surface area contributed by atoms with Crippen molar-refractivity contribution in [1.29, 1.82) is 0 Å². The van der Waals surface area contributed by atoms with E-state index in [1.54, 1.807) is 36.4 Å². The van der Waals surface area contributed by atoms with Gasteiger partial charge in [-0.3, -0.25) is 14.5 Å². The van der Waals surface area contributed by atoms with E-state index in [-0.39, 0.29) is 18.4 Å². The monoisotopic (exact) mass is 313 g/mol. The number of carbonyl (C=O) groups excluding carboxylic acids is 2. The normalized spacial score (nSPS) is 13.8. The molecular formula is C17H12ClNO3. The topological polar surface area (TPSA) is 46.6 Å². The molecule has 0 aromatic heterocycles. The molecule has 5 heteroatoms. The summed E-state index contributed by atoms with van der Waals surface area (Å²) in [6.07, 6.45) is 2.56. The quantitative estimate of drug-likeness (QED) is 0.811. The minimum absolute atomic E-state index is 0.256. The van der Waals surface area contributed by atoms with E-state index in [0.29, 0.717) is 16.5 Å². The second-order valence-corrected chi connectivity index (χ2v) is 5.23. The molecule has 0 bridgehead atoms. The molecule has 1 heterocycles. The summed E-state index contributed by atoms with van der Waals surface area (Å²) < 4.78 is 5.68. The smallest absolute Gasteiger partial charge is 0.253 e. The van der Waals surface area contributed by atoms with Gasteiger partial charge in [-0.1, -0.05) is 23.7 Å². The van der Waals surface area contributed by atoms with Gasteiger partial charge in [0.05, 0.1) is 6.54 Å². The Bertz CT molecular complexity index is 718. The first-order chi connectivity index (χ1) is 10.6. The van der Waals surface area contributed by atoms with Crippen LogP contribution in [0, 0.1) is 0 Å². The highest BCUT2D eigenvalue weighted by Crippen LogP contribution is 2.23. The van der Waals surface area contributed by atoms with Crippen molar-refractivity contribution in [3.05, 3.63) is 71.3 Å². The highest BCUT2D eigenvalue weighted by molar-refractivity contribution is 6.30. The molecule has 0 saturated heterocycles. The molecule has 0 saturated carbocycles. The Balaban J connectivity index is 1.66. The predicted octanol–water partition coefficient (Wildman–Crippen LogP) is 3.56. The van der Waals surface area contributed by atoms with E-state index < -0.39 is 0 Å². The van der Waals surface area contributed by atoms with Crippen LogP contribution in [0.2, 0.25) is 5.02 Å². The molecule has 1 aliphatic heterocycles. The molecule has 0 atom stereocenters. The Hall–Kier alpha value is -2.59. The van der Waals surface area contributed by atoms with Crippen LogP contribution in [-0.4, -0.2) is 16.7 Å². The maximum absolute atomic E-state index is 11.5. The Kier molecular flexibility index (Phi) is 3.94. The van der Waals surface area contributed by atoms with Crippen molar-refractivity contribution in [3.8, 4) is 11.5 Å². The number of carbonyl (C=O) groups is 2. The van der Waals surface area contributed by atoms with Gasteiger partial charge in [-0.2, -0.15) is 0 Å². The van der Waals surface area contributed by atoms with Crippen molar-refractivity contribution >= 4 is 23.4 Å². The molecule has 0 spiro atoms. The number of hydrogen-bond donors (Lipinski definition) is 0. The van der Waals surface area contributed by atoms with E-state index in [0.717, 1.165) is 5.56 Å². The molecule has 0 radical (unpaired) electrons. The van der Waals surface area contributed by atoms with Gasteiger partial charge in [0.2, 0.25) is 0 Å². The zero-order valence-corrected chi connectivity index (χ0v) is 12.3. The summed E-state index contributed by atoms with van der Waals surface area (Å²) in [6, 6.07) is 14.3. The number of nitrogens with zero attached hydrogens (tertiary/aromatic N) is 1. The minimum Gasteiger partial charge on any atom is -0.457 e. The number of rotatable bonds is 4. The van der Waals surface area contributed by atoms with Gasteiger partial charge in [0.15, 0.2) is 0 Å². The number of ether oxygens (including phenoxy) is 1. The van der Waals surface area contributed by atoms with Crippen molar-refractivity contribution in [1.82, 2.24) is 4.90 Å². The first kappa shape index (κ1) is 14.4. The lowest BCUT2D eigenvalue weighted by Crippen LogP contribution is -2.29. The van der Waals surface area contributed by atoms with Gasteiger partial charge in [0.25, 0.3) is 11.8 Å². The molecule has 2 aromatic rings. The summed E-state index contributed by atoms with van der Waals surface area (Å²) in [5.74, 6) is 0.785. The Morgan fingerprint density at radius 3 is 1.86 bits per heavy atom. The standard InChI is InChI=1S/C17H12ClNO3/c18-13-3-7-15(8-4-13)22-14-5-1-12(2-6-14)11-19-16(20)9-10-17(19)21/h1-10H,11H2. The third-order valence-corrected chi connectivity index (χ3v) is 3.47. The van der Waals surface area contributed by atoms with Gasteiger partial charge in [-0.15, -0.1) is 0 Å². The van der Waals surface area contributed by atoms with Gasteiger partial charge in [-0.05, 0) is 42.0 Å². The number of benzene rings is 2. The number of imide groups is 1. The molecule has 4 nitrogen and oxygen atoms in total. The molecule has 0 fully saturated rings. The molecular weight excluding hydrogens is 302 g/mol. The van der Waals surface area contributed by atoms with Crippen molar-refractivity contribution in [2.75, 3.05) is 0 Å². The Morgan fingerprint density at radius 2 is 1.32 bits per heavy atom. The zero-order chi connectivity index (χ0) is 15.5. The lowest BCUT2D eigenvalue weighted by atomic mass is 10.2. The van der Waals surface area contributed by atoms with Crippen LogP contribution in [0.15, 0.2) is 60.7 Å². The van der Waals surface area contributed by atoms with Gasteiger partial charge in [0, 0.05) is 17.2 Å². The highest BCUT2D eigenvalue weighted by Gasteiger charge is 2.23. The molecule has 0 N–H and O–H groups in total. The molecule has 2 aromatic carbocycles. The van der Waals surface area contributed by atoms with Gasteiger partial charge < -0.3 is 4.74 Å². The molecule has 0 unspecified atom stereocenters. The van der Waals surface area contributed by atoms with Gasteiger partial charge in [0.1, 0.15) is 11.5 Å². The van der Waals surface area contributed by atoms with E-state index in [1.165, 1.54) is 17.1 Å². The number of hydrogen-bond acceptors (Lipinski definition) is 3. The van der Waals surface area contributed by atoms with Crippen molar-refractivity contribution in [3.63, 3.8) is 0 Å². The number of halogens is 1. The van der Waals surface area contributed by atoms with E-state index in [1.807, 2.05) is 12.1 Å². The second-order valence-electron chi connectivity index (χ2n) is 4.80. The van der Waals surface area contributed by atoms with Gasteiger partial charge >= 0.3 is 0 Å². The SMILES string of the molecule is O=C1C=CC(=O)N1Cc1ccc(Oc2ccc(Cl)cc2)cc1. The zero-order valence-electron chi connectivity index (χ0n) is 11.5. The van der Waals surface area contributed by atoms with Crippen LogP contribution >= 0.6 is 11.6 Å². The van der Waals surface area contributed by atoms with Crippen LogP contribution in [0.1, 0.15) is 5.56 Å². The van der Waals surface area contributed by atoms with E-state index >= 15 is 0 Å². The summed E-state index contributed by atoms with van der Waals surface area (Å²) in [4.78, 5) is 24.2. The van der Waals surface area contributed by atoms with Crippen LogP contribution in [-0.2, 0) is 16.1 Å². The van der Waals surface area contributed by atoms with Crippen LogP contribution in [0.25, 0.3) is 0 Å². The van der Waals surface area contributed by atoms with Crippen LogP contribution < -0.4 is 4.74 Å². The van der Waals surface area contributed by atoms with Crippen molar-refractivity contribution in [2.45, 2.75) is 6.54 Å². The largest absolute Gasteiger partial charge is 0.457 e. The van der Waals surface area contributed by atoms with Crippen LogP contribution in [0.5, 0.6) is 11.5 Å². The van der Waals surface area contributed by atoms with E-state index in [2.05, 4.69) is 0 Å². The lowest BCUT2D eigenvalue weighted by molar-refractivity contribution is -0.137. The molecule has 110 valence electrons. The first-order valence-electron chi connectivity index (χ1n) is 6.68. The fourth-order valence-electron chi connectivity index (χ4n) is 2.07. The Morgan fingerprint density at radius 1 is 0.818 bits per heavy atom. The number of amides is 2. The lowest BCUT2D eigenvalue weighted by Gasteiger charge is -2.14. The van der Waals surface area contributed by atoms with Crippen LogP contribution in [0.3, 0.4) is 0 Å². The van der Waals surface area contributed by atoms with Gasteiger partial charge in [-0.25, -0.2) is 0 Å². The summed E-state index contributed by atoms with van der Waals surface area (Å²) in [6.45, 7) is 0.256. The summed E-state index contributed by atoms with van der Waals surface area (Å²) >= 11 is 5.82. The third kappa shape index (κ3) is 3.18. The fourth-order valence-corrected chi connectivity index (χ4v) is 2.20. The molecule has 2 amide bonds. The van der Waals surface area contributed by atoms with Crippen LogP contribution in [0.4, 0.5) is 0 Å². The fraction of sp³-hybridized carbons (Fsp3) is 0.0588. The summed E-state index contributed by atoms with van der Waals surface area (Å²) in [7, 11) is 0. The third-order valence-electron chi connectivity index (χ3n) is 3.21. The van der Waals surface area contributed by atoms with Crippen molar-refractivity contribution < 1.29 is 14.3 Å². The van der Waals surface area contributed by atoms with E-state index in [4.69, 9.17) is 16.3 Å². The summed E-state index contributed by atoms with van der Waals surface area (Å²) in [5, 5.41) is 0.649. The molecule has 1 aliphatic rings. The van der Waals surface area contributed by atoms with E-state index in [9.17, 15) is 9.59 Å². The maximum Gasteiger partial charge on any atom is 0.253 e. The second kappa shape index (κ2) is 6.03. The highest BCUT2D eigenvalue weighted by atomic mass is 35.5. The maximum atomic E-state index is 11.5. The average Bonchev–Trinajstić information content (AvgIpc) is 2.83. The Labute approximate surface area is 132 Å². The predicted molar refractivity (Wildman–Crippen MR) is 82.7 cm³/mol.